The number of likely N-dealkylation sites (N-methyl/N-ethyl adjacent to an activating group) is 1. The fraction of sp³-hybridized carbons (Fsp3) is 0.429. The third kappa shape index (κ3) is 4.94. The molecule has 2 N–H and O–H groups in total. The number of hydrogen-bond acceptors (Lipinski definition) is 3. The number of para-hydroxylation sites is 1. The van der Waals surface area contributed by atoms with Gasteiger partial charge in [0.1, 0.15) is 0 Å². The molecule has 20 heavy (non-hydrogen) atoms. The van der Waals surface area contributed by atoms with Gasteiger partial charge in [-0.15, -0.1) is 0 Å². The lowest BCUT2D eigenvalue weighted by Crippen LogP contribution is -2.45. The Morgan fingerprint density at radius 2 is 2.00 bits per heavy atom. The van der Waals surface area contributed by atoms with Gasteiger partial charge in [0.05, 0.1) is 18.3 Å². The van der Waals surface area contributed by atoms with Gasteiger partial charge in [-0.2, -0.15) is 0 Å². The highest BCUT2D eigenvalue weighted by Gasteiger charge is 2.16. The number of benzene rings is 1. The molecule has 0 saturated heterocycles. The van der Waals surface area contributed by atoms with Crippen molar-refractivity contribution >= 4 is 33.4 Å². The van der Waals surface area contributed by atoms with E-state index in [-0.39, 0.29) is 24.4 Å². The van der Waals surface area contributed by atoms with Gasteiger partial charge in [-0.05, 0) is 41.9 Å². The summed E-state index contributed by atoms with van der Waals surface area (Å²) in [4.78, 5) is 25.2. The molecule has 6 heteroatoms. The third-order valence-electron chi connectivity index (χ3n) is 2.94. The van der Waals surface area contributed by atoms with Crippen LogP contribution in [0.25, 0.3) is 0 Å². The van der Waals surface area contributed by atoms with Crippen molar-refractivity contribution in [2.75, 3.05) is 25.5 Å². The van der Waals surface area contributed by atoms with Gasteiger partial charge in [-0.25, -0.2) is 0 Å². The predicted molar refractivity (Wildman–Crippen MR) is 83.5 cm³/mol. The van der Waals surface area contributed by atoms with Crippen molar-refractivity contribution in [3.8, 4) is 0 Å². The van der Waals surface area contributed by atoms with E-state index >= 15 is 0 Å². The van der Waals surface area contributed by atoms with Crippen LogP contribution in [-0.4, -0.2) is 42.9 Å². The molecular formula is C14H20BrN3O2. The molecule has 1 aromatic carbocycles. The van der Waals surface area contributed by atoms with Gasteiger partial charge in [0, 0.05) is 18.1 Å². The van der Waals surface area contributed by atoms with E-state index in [1.807, 2.05) is 25.1 Å². The van der Waals surface area contributed by atoms with Crippen LogP contribution in [0.5, 0.6) is 0 Å². The van der Waals surface area contributed by atoms with E-state index < -0.39 is 0 Å². The lowest BCUT2D eigenvalue weighted by atomic mass is 10.3. The highest BCUT2D eigenvalue weighted by Crippen LogP contribution is 2.20. The van der Waals surface area contributed by atoms with Gasteiger partial charge < -0.3 is 10.2 Å². The summed E-state index contributed by atoms with van der Waals surface area (Å²) in [7, 11) is 1.74. The molecular weight excluding hydrogens is 322 g/mol. The first-order valence-corrected chi connectivity index (χ1v) is 7.27. The number of carbonyl (C=O) groups is 2. The Kier molecular flexibility index (Phi) is 6.67. The van der Waals surface area contributed by atoms with Crippen LogP contribution in [0.1, 0.15) is 13.8 Å². The summed E-state index contributed by atoms with van der Waals surface area (Å²) in [6.45, 7) is 4.39. The molecule has 2 amide bonds. The number of anilines is 1. The molecule has 1 unspecified atom stereocenters. The minimum Gasteiger partial charge on any atom is -0.345 e. The van der Waals surface area contributed by atoms with Gasteiger partial charge in [-0.1, -0.05) is 12.1 Å². The summed E-state index contributed by atoms with van der Waals surface area (Å²) >= 11 is 3.36. The van der Waals surface area contributed by atoms with Crippen molar-refractivity contribution in [3.63, 3.8) is 0 Å². The van der Waals surface area contributed by atoms with E-state index in [1.165, 1.54) is 0 Å². The van der Waals surface area contributed by atoms with Crippen LogP contribution in [0, 0.1) is 0 Å². The van der Waals surface area contributed by atoms with Crippen LogP contribution < -0.4 is 10.6 Å². The minimum absolute atomic E-state index is 0.0267. The van der Waals surface area contributed by atoms with Crippen molar-refractivity contribution < 1.29 is 9.59 Å². The quantitative estimate of drug-likeness (QED) is 0.829. The summed E-state index contributed by atoms with van der Waals surface area (Å²) in [6, 6.07) is 6.99. The zero-order valence-corrected chi connectivity index (χ0v) is 13.5. The standard InChI is InChI=1S/C14H20BrN3O2/c1-4-18(3)14(20)10(2)16-9-13(19)17-12-8-6-5-7-11(12)15/h5-8,10,16H,4,9H2,1-3H3,(H,17,19). The monoisotopic (exact) mass is 341 g/mol. The first-order valence-electron chi connectivity index (χ1n) is 6.48. The van der Waals surface area contributed by atoms with Crippen LogP contribution >= 0.6 is 15.9 Å². The third-order valence-corrected chi connectivity index (χ3v) is 3.63. The average Bonchev–Trinajstić information content (AvgIpc) is 2.45. The molecule has 0 heterocycles. The Morgan fingerprint density at radius 3 is 2.60 bits per heavy atom. The van der Waals surface area contributed by atoms with E-state index in [9.17, 15) is 9.59 Å². The molecule has 0 radical (unpaired) electrons. The van der Waals surface area contributed by atoms with Gasteiger partial charge in [0.25, 0.3) is 0 Å². The maximum absolute atomic E-state index is 11.8. The topological polar surface area (TPSA) is 61.4 Å². The fourth-order valence-corrected chi connectivity index (χ4v) is 1.96. The van der Waals surface area contributed by atoms with E-state index in [4.69, 9.17) is 0 Å². The number of rotatable bonds is 6. The molecule has 1 rings (SSSR count). The van der Waals surface area contributed by atoms with Crippen LogP contribution in [0.3, 0.4) is 0 Å². The largest absolute Gasteiger partial charge is 0.345 e. The molecule has 0 fully saturated rings. The second-order valence-corrected chi connectivity index (χ2v) is 5.34. The molecule has 1 atom stereocenters. The summed E-state index contributed by atoms with van der Waals surface area (Å²) in [5.74, 6) is -0.211. The fourth-order valence-electron chi connectivity index (χ4n) is 1.58. The van der Waals surface area contributed by atoms with E-state index in [2.05, 4.69) is 26.6 Å². The first-order chi connectivity index (χ1) is 9.45. The van der Waals surface area contributed by atoms with Crippen molar-refractivity contribution in [2.45, 2.75) is 19.9 Å². The van der Waals surface area contributed by atoms with Crippen molar-refractivity contribution in [2.24, 2.45) is 0 Å². The molecule has 110 valence electrons. The van der Waals surface area contributed by atoms with E-state index in [0.717, 1.165) is 4.47 Å². The summed E-state index contributed by atoms with van der Waals surface area (Å²) in [5.41, 5.74) is 0.712. The smallest absolute Gasteiger partial charge is 0.239 e. The Balaban J connectivity index is 2.44. The summed E-state index contributed by atoms with van der Waals surface area (Å²) in [5, 5.41) is 5.69. The Hall–Kier alpha value is -1.40. The van der Waals surface area contributed by atoms with Gasteiger partial charge >= 0.3 is 0 Å². The molecule has 5 nitrogen and oxygen atoms in total. The lowest BCUT2D eigenvalue weighted by molar-refractivity contribution is -0.131. The molecule has 0 aliphatic rings. The molecule has 1 aromatic rings. The highest BCUT2D eigenvalue weighted by atomic mass is 79.9. The second-order valence-electron chi connectivity index (χ2n) is 4.48. The second kappa shape index (κ2) is 8.01. The molecule has 0 aromatic heterocycles. The number of nitrogens with one attached hydrogen (secondary N) is 2. The SMILES string of the molecule is CCN(C)C(=O)C(C)NCC(=O)Nc1ccccc1Br. The Labute approximate surface area is 127 Å². The maximum Gasteiger partial charge on any atom is 0.239 e. The maximum atomic E-state index is 11.8. The first kappa shape index (κ1) is 16.7. The summed E-state index contributed by atoms with van der Waals surface area (Å²) in [6.07, 6.45) is 0. The predicted octanol–water partition coefficient (Wildman–Crippen LogP) is 1.84. The van der Waals surface area contributed by atoms with Gasteiger partial charge in [0.15, 0.2) is 0 Å². The van der Waals surface area contributed by atoms with Crippen molar-refractivity contribution in [3.05, 3.63) is 28.7 Å². The van der Waals surface area contributed by atoms with Crippen LogP contribution in [0.4, 0.5) is 5.69 Å². The highest BCUT2D eigenvalue weighted by molar-refractivity contribution is 9.10. The van der Waals surface area contributed by atoms with Crippen molar-refractivity contribution in [1.82, 2.24) is 10.2 Å². The Morgan fingerprint density at radius 1 is 1.35 bits per heavy atom. The van der Waals surface area contributed by atoms with Crippen LogP contribution in [0.2, 0.25) is 0 Å². The lowest BCUT2D eigenvalue weighted by Gasteiger charge is -2.20. The normalized spacial score (nSPS) is 11.8. The molecule has 0 saturated carbocycles. The Bertz CT molecular complexity index is 479. The number of hydrogen-bond donors (Lipinski definition) is 2. The summed E-state index contributed by atoms with van der Waals surface area (Å²) < 4.78 is 0.822. The molecule has 0 aliphatic carbocycles. The van der Waals surface area contributed by atoms with Crippen LogP contribution in [0.15, 0.2) is 28.7 Å². The number of halogens is 1. The van der Waals surface area contributed by atoms with E-state index in [0.29, 0.717) is 12.2 Å². The minimum atomic E-state index is -0.384. The van der Waals surface area contributed by atoms with Gasteiger partial charge in [-0.3, -0.25) is 14.9 Å². The number of amides is 2. The number of carbonyl (C=O) groups excluding carboxylic acids is 2. The average molecular weight is 342 g/mol. The van der Waals surface area contributed by atoms with Crippen LogP contribution in [-0.2, 0) is 9.59 Å². The van der Waals surface area contributed by atoms with Gasteiger partial charge in [0.2, 0.25) is 11.8 Å². The molecule has 0 aliphatic heterocycles. The molecule has 0 spiro atoms. The zero-order chi connectivity index (χ0) is 15.1. The van der Waals surface area contributed by atoms with E-state index in [1.54, 1.807) is 24.9 Å². The van der Waals surface area contributed by atoms with Crippen molar-refractivity contribution in [1.29, 1.82) is 0 Å². The zero-order valence-electron chi connectivity index (χ0n) is 11.9. The molecule has 0 bridgehead atoms. The number of nitrogens with zero attached hydrogens (tertiary/aromatic N) is 1.